The first-order valence-electron chi connectivity index (χ1n) is 16.1. The fourth-order valence-corrected chi connectivity index (χ4v) is 5.01. The Bertz CT molecular complexity index is 1590. The van der Waals surface area contributed by atoms with Gasteiger partial charge in [-0.1, -0.05) is 62.1 Å². The molecule has 51 heavy (non-hydrogen) atoms. The Labute approximate surface area is 305 Å². The summed E-state index contributed by atoms with van der Waals surface area (Å²) in [6.07, 6.45) is -1.45. The van der Waals surface area contributed by atoms with E-state index in [0.717, 1.165) is 30.4 Å². The number of unbranched alkanes of at least 4 members (excludes halogenated alkanes) is 2. The van der Waals surface area contributed by atoms with Gasteiger partial charge in [-0.25, -0.2) is 27.6 Å². The van der Waals surface area contributed by atoms with Crippen molar-refractivity contribution in [2.75, 3.05) is 13.2 Å². The lowest BCUT2D eigenvalue weighted by Gasteiger charge is -2.16. The Kier molecular flexibility index (Phi) is 22.2. The van der Waals surface area contributed by atoms with Crippen molar-refractivity contribution < 1.29 is 64.3 Å². The molecule has 0 amide bonds. The fraction of sp³-hybridized carbons (Fsp3) is 0.529. The maximum atomic E-state index is 12.1. The Morgan fingerprint density at radius 1 is 0.627 bits per heavy atom. The second kappa shape index (κ2) is 23.8. The summed E-state index contributed by atoms with van der Waals surface area (Å²) in [7, 11) is -2.58. The molecule has 2 rings (SSSR count). The Hall–Kier alpha value is -3.57. The highest BCUT2D eigenvalue weighted by atomic mass is 35.7. The molecule has 0 aromatic heterocycles. The van der Waals surface area contributed by atoms with Gasteiger partial charge < -0.3 is 24.1 Å². The molecule has 0 aliphatic rings. The van der Waals surface area contributed by atoms with Crippen molar-refractivity contribution in [1.82, 2.24) is 0 Å². The van der Waals surface area contributed by atoms with Gasteiger partial charge in [0.25, 0.3) is 19.2 Å². The van der Waals surface area contributed by atoms with Gasteiger partial charge in [-0.15, -0.1) is 0 Å². The minimum absolute atomic E-state index is 0.0650. The monoisotopic (exact) mass is 780 g/mol. The summed E-state index contributed by atoms with van der Waals surface area (Å²) in [5, 5.41) is 8.84. The maximum absolute atomic E-state index is 12.1. The Morgan fingerprint density at radius 2 is 1.00 bits per heavy atom. The van der Waals surface area contributed by atoms with Crippen LogP contribution in [0.1, 0.15) is 78.4 Å². The normalized spacial score (nSPS) is 13.4. The molecule has 288 valence electrons. The van der Waals surface area contributed by atoms with Gasteiger partial charge in [-0.05, 0) is 78.6 Å². The predicted octanol–water partition coefficient (Wildman–Crippen LogP) is 4.93. The topological polar surface area (TPSA) is 203 Å². The number of aliphatic hydroxyl groups excluding tert-OH is 1. The zero-order valence-electron chi connectivity index (χ0n) is 30.1. The van der Waals surface area contributed by atoms with Crippen LogP contribution in [0, 0.1) is 13.8 Å². The molecule has 0 fully saturated rings. The molecule has 0 aliphatic carbocycles. The molecule has 0 saturated heterocycles. The van der Waals surface area contributed by atoms with E-state index < -0.39 is 67.5 Å². The Morgan fingerprint density at radius 3 is 1.35 bits per heavy atom. The molecule has 0 saturated carbocycles. The molecule has 0 heterocycles. The molecule has 1 N–H and O–H groups in total. The van der Waals surface area contributed by atoms with E-state index in [4.69, 9.17) is 34.2 Å². The van der Waals surface area contributed by atoms with E-state index in [1.165, 1.54) is 52.0 Å². The van der Waals surface area contributed by atoms with Gasteiger partial charge in [0.2, 0.25) is 0 Å². The number of hydrogen-bond donors (Lipinski definition) is 1. The van der Waals surface area contributed by atoms with Crippen LogP contribution in [0.15, 0.2) is 58.3 Å². The number of aryl methyl sites for hydroxylation is 2. The minimum atomic E-state index is -4.11. The summed E-state index contributed by atoms with van der Waals surface area (Å²) >= 11 is 0. The highest BCUT2D eigenvalue weighted by molar-refractivity contribution is 8.13. The van der Waals surface area contributed by atoms with E-state index >= 15 is 0 Å². The van der Waals surface area contributed by atoms with Crippen LogP contribution in [0.4, 0.5) is 0 Å². The molecule has 0 spiro atoms. The largest absolute Gasteiger partial charge is 0.463 e. The lowest BCUT2D eigenvalue weighted by molar-refractivity contribution is -0.171. The number of carbonyl (C=O) groups excluding carboxylic acids is 4. The van der Waals surface area contributed by atoms with Crippen LogP contribution >= 0.6 is 10.7 Å². The first-order chi connectivity index (χ1) is 23.7. The van der Waals surface area contributed by atoms with E-state index in [1.807, 2.05) is 27.7 Å². The number of aliphatic hydroxyl groups is 1. The number of esters is 4. The minimum Gasteiger partial charge on any atom is -0.463 e. The zero-order chi connectivity index (χ0) is 39.4. The second-order valence-corrected chi connectivity index (χ2v) is 15.3. The van der Waals surface area contributed by atoms with Crippen molar-refractivity contribution in [2.24, 2.45) is 0 Å². The first-order valence-corrected chi connectivity index (χ1v) is 19.8. The van der Waals surface area contributed by atoms with Crippen molar-refractivity contribution in [3.05, 3.63) is 59.7 Å². The zero-order valence-corrected chi connectivity index (χ0v) is 32.5. The smallest absolute Gasteiger partial charge is 0.347 e. The van der Waals surface area contributed by atoms with E-state index in [-0.39, 0.29) is 16.4 Å². The number of benzene rings is 2. The molecule has 4 atom stereocenters. The maximum Gasteiger partial charge on any atom is 0.347 e. The number of ether oxygens (including phenoxy) is 4. The van der Waals surface area contributed by atoms with Crippen LogP contribution in [0.2, 0.25) is 0 Å². The lowest BCUT2D eigenvalue weighted by Crippen LogP contribution is -2.33. The van der Waals surface area contributed by atoms with Gasteiger partial charge in [-0.2, -0.15) is 8.42 Å². The lowest BCUT2D eigenvalue weighted by atomic mass is 10.2. The molecule has 0 radical (unpaired) electrons. The van der Waals surface area contributed by atoms with E-state index in [9.17, 15) is 36.0 Å². The molecular weight excluding hydrogens is 732 g/mol. The van der Waals surface area contributed by atoms with Crippen LogP contribution in [-0.4, -0.2) is 83.4 Å². The van der Waals surface area contributed by atoms with E-state index in [2.05, 4.69) is 4.74 Å². The van der Waals surface area contributed by atoms with Crippen LogP contribution in [-0.2, 0) is 61.5 Å². The summed E-state index contributed by atoms with van der Waals surface area (Å²) in [5.41, 5.74) is 1.90. The molecule has 2 aromatic rings. The average molecular weight is 781 g/mol. The summed E-state index contributed by atoms with van der Waals surface area (Å²) in [6, 6.07) is 12.4. The SMILES string of the molecule is CCCCOC(=O)C(C)OC(=O)C(C)O.CCCCOC(=O)C(C)OC(=O)C(C)OS(=O)(=O)c1ccc(C)cc1.Cc1ccc(S(=O)(=O)Cl)cc1. The van der Waals surface area contributed by atoms with Crippen LogP contribution in [0.5, 0.6) is 0 Å². The number of carbonyl (C=O) groups is 4. The summed E-state index contributed by atoms with van der Waals surface area (Å²) < 4.78 is 69.8. The van der Waals surface area contributed by atoms with Gasteiger partial charge >= 0.3 is 23.9 Å². The van der Waals surface area contributed by atoms with E-state index in [1.54, 1.807) is 24.3 Å². The summed E-state index contributed by atoms with van der Waals surface area (Å²) in [4.78, 5) is 45.8. The molecule has 14 nitrogen and oxygen atoms in total. The molecule has 0 bridgehead atoms. The van der Waals surface area contributed by atoms with Crippen LogP contribution in [0.3, 0.4) is 0 Å². The number of hydrogen-bond acceptors (Lipinski definition) is 14. The first kappa shape index (κ1) is 47.4. The van der Waals surface area contributed by atoms with E-state index in [0.29, 0.717) is 13.0 Å². The second-order valence-electron chi connectivity index (χ2n) is 11.1. The third-order valence-electron chi connectivity index (χ3n) is 6.29. The third-order valence-corrected chi connectivity index (χ3v) is 9.05. The molecule has 2 aromatic carbocycles. The highest BCUT2D eigenvalue weighted by Crippen LogP contribution is 2.16. The quantitative estimate of drug-likeness (QED) is 0.0790. The summed E-state index contributed by atoms with van der Waals surface area (Å²) in [6.45, 7) is 13.5. The van der Waals surface area contributed by atoms with Crippen molar-refractivity contribution in [3.8, 4) is 0 Å². The van der Waals surface area contributed by atoms with Crippen LogP contribution in [0.25, 0.3) is 0 Å². The molecule has 17 heteroatoms. The van der Waals surface area contributed by atoms with Gasteiger partial charge in [0.05, 0.1) is 23.0 Å². The van der Waals surface area contributed by atoms with Crippen LogP contribution < -0.4 is 0 Å². The highest BCUT2D eigenvalue weighted by Gasteiger charge is 2.28. The molecule has 4 unspecified atom stereocenters. The number of rotatable bonds is 16. The summed E-state index contributed by atoms with van der Waals surface area (Å²) in [5.74, 6) is -3.06. The predicted molar refractivity (Wildman–Crippen MR) is 188 cm³/mol. The molecule has 0 aliphatic heterocycles. The fourth-order valence-electron chi connectivity index (χ4n) is 3.20. The molecular formula is C34H49ClO14S2. The average Bonchev–Trinajstić information content (AvgIpc) is 3.05. The van der Waals surface area contributed by atoms with Gasteiger partial charge in [0.15, 0.2) is 18.3 Å². The third kappa shape index (κ3) is 20.2. The van der Waals surface area contributed by atoms with Gasteiger partial charge in [0, 0.05) is 10.7 Å². The van der Waals surface area contributed by atoms with Gasteiger partial charge in [0.1, 0.15) is 6.10 Å². The van der Waals surface area contributed by atoms with Crippen molar-refractivity contribution in [3.63, 3.8) is 0 Å². The standard InChI is InChI=1S/C17H24O7S.C10H18O5.C7H7ClO2S/c1-5-6-11-22-16(18)13(3)23-17(19)14(4)24-25(20,21)15-9-7-12(2)8-10-15;1-4-5-6-14-10(13)8(3)15-9(12)7(2)11;1-6-2-4-7(5-3-6)11(8,9)10/h7-10,13-14H,5-6,11H2,1-4H3;7-8,11H,4-6H2,1-3H3;2-5H,1H3. The van der Waals surface area contributed by atoms with Gasteiger partial charge in [-0.3, -0.25) is 4.18 Å². The van der Waals surface area contributed by atoms with Crippen molar-refractivity contribution in [2.45, 2.75) is 115 Å². The Balaban J connectivity index is 0.000000813. The number of halogens is 1. The van der Waals surface area contributed by atoms with Crippen molar-refractivity contribution in [1.29, 1.82) is 0 Å². The van der Waals surface area contributed by atoms with Crippen molar-refractivity contribution >= 4 is 53.7 Å².